The molecule has 28 heavy (non-hydrogen) atoms. The van der Waals surface area contributed by atoms with E-state index in [0.29, 0.717) is 5.95 Å². The molecule has 1 aliphatic heterocycles. The van der Waals surface area contributed by atoms with Gasteiger partial charge in [0.05, 0.1) is 0 Å². The average Bonchev–Trinajstić information content (AvgIpc) is 3.23. The van der Waals surface area contributed by atoms with Gasteiger partial charge in [0.15, 0.2) is 0 Å². The van der Waals surface area contributed by atoms with E-state index in [1.54, 1.807) is 16.8 Å². The van der Waals surface area contributed by atoms with Crippen molar-refractivity contribution in [3.63, 3.8) is 0 Å². The quantitative estimate of drug-likeness (QED) is 0.544. The van der Waals surface area contributed by atoms with Crippen molar-refractivity contribution in [2.45, 2.75) is 6.04 Å². The molecule has 0 bridgehead atoms. The predicted octanol–water partition coefficient (Wildman–Crippen LogP) is 5.14. The van der Waals surface area contributed by atoms with E-state index in [-0.39, 0.29) is 11.9 Å². The molecule has 0 unspecified atom stereocenters. The first kappa shape index (κ1) is 16.4. The maximum absolute atomic E-state index is 13.3. The van der Waals surface area contributed by atoms with E-state index in [1.807, 2.05) is 18.2 Å². The molecule has 0 spiro atoms. The Kier molecular flexibility index (Phi) is 3.98. The van der Waals surface area contributed by atoms with Crippen molar-refractivity contribution in [1.82, 2.24) is 14.8 Å². The Hall–Kier alpha value is -3.73. The second kappa shape index (κ2) is 6.78. The van der Waals surface area contributed by atoms with Crippen molar-refractivity contribution in [1.29, 1.82) is 0 Å². The first-order valence-corrected chi connectivity index (χ1v) is 9.07. The zero-order valence-corrected chi connectivity index (χ0v) is 15.0. The Morgan fingerprint density at radius 3 is 2.21 bits per heavy atom. The second-order valence-corrected chi connectivity index (χ2v) is 6.67. The van der Waals surface area contributed by atoms with Gasteiger partial charge < -0.3 is 5.32 Å². The third kappa shape index (κ3) is 2.97. The van der Waals surface area contributed by atoms with Crippen LogP contribution in [-0.2, 0) is 0 Å². The van der Waals surface area contributed by atoms with E-state index in [2.05, 4.69) is 57.9 Å². The number of aromatic nitrogens is 3. The van der Waals surface area contributed by atoms with Crippen LogP contribution in [0, 0.1) is 5.82 Å². The Labute approximate surface area is 162 Å². The van der Waals surface area contributed by atoms with Gasteiger partial charge in [0.1, 0.15) is 18.2 Å². The predicted molar refractivity (Wildman–Crippen MR) is 108 cm³/mol. The number of nitrogens with zero attached hydrogens (tertiary/aromatic N) is 3. The number of allylic oxidation sites excluding steroid dienone is 1. The summed E-state index contributed by atoms with van der Waals surface area (Å²) in [5, 5.41) is 7.66. The largest absolute Gasteiger partial charge is 0.324 e. The standard InChI is InChI=1S/C23H17FN4/c24-20-12-10-19(11-13-20)22-14-21(27-23-25-15-26-28(22)23)18-8-6-17(7-9-18)16-4-2-1-3-5-16/h1-15,22H,(H,25,26,27)/t22-/m0/s1. The summed E-state index contributed by atoms with van der Waals surface area (Å²) >= 11 is 0. The summed E-state index contributed by atoms with van der Waals surface area (Å²) in [6, 6.07) is 25.0. The zero-order valence-electron chi connectivity index (χ0n) is 15.0. The summed E-state index contributed by atoms with van der Waals surface area (Å²) < 4.78 is 15.1. The smallest absolute Gasteiger partial charge is 0.226 e. The highest BCUT2D eigenvalue weighted by Crippen LogP contribution is 2.32. The zero-order chi connectivity index (χ0) is 18.9. The van der Waals surface area contributed by atoms with Gasteiger partial charge in [0.2, 0.25) is 5.95 Å². The van der Waals surface area contributed by atoms with E-state index < -0.39 is 0 Å². The van der Waals surface area contributed by atoms with Gasteiger partial charge in [0, 0.05) is 5.70 Å². The van der Waals surface area contributed by atoms with Gasteiger partial charge in [-0.2, -0.15) is 10.1 Å². The van der Waals surface area contributed by atoms with Crippen LogP contribution in [-0.4, -0.2) is 14.8 Å². The average molecular weight is 368 g/mol. The number of hydrogen-bond acceptors (Lipinski definition) is 3. The van der Waals surface area contributed by atoms with E-state index in [9.17, 15) is 4.39 Å². The Morgan fingerprint density at radius 1 is 0.786 bits per heavy atom. The van der Waals surface area contributed by atoms with Gasteiger partial charge in [0.25, 0.3) is 0 Å². The van der Waals surface area contributed by atoms with Crippen LogP contribution >= 0.6 is 0 Å². The number of halogens is 1. The Bertz CT molecular complexity index is 1130. The normalized spacial score (nSPS) is 15.5. The summed E-state index contributed by atoms with van der Waals surface area (Å²) in [6.07, 6.45) is 3.61. The molecule has 136 valence electrons. The maximum Gasteiger partial charge on any atom is 0.226 e. The summed E-state index contributed by atoms with van der Waals surface area (Å²) in [6.45, 7) is 0. The summed E-state index contributed by atoms with van der Waals surface area (Å²) in [5.41, 5.74) is 5.31. The Balaban J connectivity index is 1.52. The van der Waals surface area contributed by atoms with Crippen molar-refractivity contribution in [2.24, 2.45) is 0 Å². The molecule has 0 saturated carbocycles. The SMILES string of the molecule is Fc1ccc([C@@H]2C=C(c3ccc(-c4ccccc4)cc3)Nc3ncnn32)cc1. The highest BCUT2D eigenvalue weighted by atomic mass is 19.1. The van der Waals surface area contributed by atoms with Crippen molar-refractivity contribution in [3.8, 4) is 11.1 Å². The van der Waals surface area contributed by atoms with Crippen molar-refractivity contribution in [2.75, 3.05) is 5.32 Å². The molecule has 4 aromatic rings. The lowest BCUT2D eigenvalue weighted by atomic mass is 9.99. The molecule has 1 aromatic heterocycles. The minimum absolute atomic E-state index is 0.150. The number of anilines is 1. The summed E-state index contributed by atoms with van der Waals surface area (Å²) in [5.74, 6) is 0.413. The van der Waals surface area contributed by atoms with Gasteiger partial charge in [-0.15, -0.1) is 0 Å². The maximum atomic E-state index is 13.3. The lowest BCUT2D eigenvalue weighted by molar-refractivity contribution is 0.603. The number of hydrogen-bond donors (Lipinski definition) is 1. The van der Waals surface area contributed by atoms with Gasteiger partial charge in [-0.05, 0) is 40.5 Å². The molecule has 1 atom stereocenters. The fourth-order valence-corrected chi connectivity index (χ4v) is 3.47. The fourth-order valence-electron chi connectivity index (χ4n) is 3.47. The molecule has 2 heterocycles. The molecule has 1 aliphatic rings. The van der Waals surface area contributed by atoms with Crippen LogP contribution in [0.15, 0.2) is 91.3 Å². The number of fused-ring (bicyclic) bond motifs is 1. The van der Waals surface area contributed by atoms with E-state index in [0.717, 1.165) is 16.8 Å². The third-order valence-corrected chi connectivity index (χ3v) is 4.92. The van der Waals surface area contributed by atoms with Gasteiger partial charge in [-0.25, -0.2) is 9.07 Å². The van der Waals surface area contributed by atoms with Crippen LogP contribution in [0.4, 0.5) is 10.3 Å². The molecule has 1 N–H and O–H groups in total. The molecule has 5 rings (SSSR count). The van der Waals surface area contributed by atoms with Crippen LogP contribution in [0.25, 0.3) is 16.8 Å². The van der Waals surface area contributed by atoms with Gasteiger partial charge >= 0.3 is 0 Å². The molecule has 0 amide bonds. The van der Waals surface area contributed by atoms with Crippen LogP contribution in [0.5, 0.6) is 0 Å². The van der Waals surface area contributed by atoms with Crippen LogP contribution < -0.4 is 5.32 Å². The van der Waals surface area contributed by atoms with Crippen molar-refractivity contribution >= 4 is 11.6 Å². The first-order valence-electron chi connectivity index (χ1n) is 9.07. The second-order valence-electron chi connectivity index (χ2n) is 6.67. The van der Waals surface area contributed by atoms with Crippen LogP contribution in [0.2, 0.25) is 0 Å². The number of rotatable bonds is 3. The summed E-state index contributed by atoms with van der Waals surface area (Å²) in [4.78, 5) is 4.32. The lowest BCUT2D eigenvalue weighted by Gasteiger charge is -2.24. The van der Waals surface area contributed by atoms with Crippen LogP contribution in [0.3, 0.4) is 0 Å². The van der Waals surface area contributed by atoms with Crippen LogP contribution in [0.1, 0.15) is 17.2 Å². The molecular formula is C23H17FN4. The van der Waals surface area contributed by atoms with E-state index in [1.165, 1.54) is 29.6 Å². The lowest BCUT2D eigenvalue weighted by Crippen LogP contribution is -2.20. The minimum Gasteiger partial charge on any atom is -0.324 e. The first-order chi connectivity index (χ1) is 13.8. The molecule has 0 saturated heterocycles. The van der Waals surface area contributed by atoms with Gasteiger partial charge in [-0.3, -0.25) is 0 Å². The minimum atomic E-state index is -0.253. The molecule has 3 aromatic carbocycles. The Morgan fingerprint density at radius 2 is 1.46 bits per heavy atom. The summed E-state index contributed by atoms with van der Waals surface area (Å²) in [7, 11) is 0. The monoisotopic (exact) mass is 368 g/mol. The molecule has 5 heteroatoms. The van der Waals surface area contributed by atoms with Crippen molar-refractivity contribution < 1.29 is 4.39 Å². The third-order valence-electron chi connectivity index (χ3n) is 4.92. The molecule has 4 nitrogen and oxygen atoms in total. The van der Waals surface area contributed by atoms with E-state index >= 15 is 0 Å². The molecule has 0 radical (unpaired) electrons. The fraction of sp³-hybridized carbons (Fsp3) is 0.0435. The van der Waals surface area contributed by atoms with Crippen molar-refractivity contribution in [3.05, 3.63) is 108 Å². The number of benzene rings is 3. The topological polar surface area (TPSA) is 42.7 Å². The molecule has 0 fully saturated rings. The highest BCUT2D eigenvalue weighted by Gasteiger charge is 2.23. The van der Waals surface area contributed by atoms with Gasteiger partial charge in [-0.1, -0.05) is 66.7 Å². The molecule has 0 aliphatic carbocycles. The number of nitrogens with one attached hydrogen (secondary N) is 1. The molecular weight excluding hydrogens is 351 g/mol. The highest BCUT2D eigenvalue weighted by molar-refractivity contribution is 5.78. The van der Waals surface area contributed by atoms with E-state index in [4.69, 9.17) is 0 Å².